The van der Waals surface area contributed by atoms with Crippen LogP contribution in [0.1, 0.15) is 38.2 Å². The van der Waals surface area contributed by atoms with Gasteiger partial charge in [0.25, 0.3) is 0 Å². The van der Waals surface area contributed by atoms with E-state index >= 15 is 0 Å². The van der Waals surface area contributed by atoms with Gasteiger partial charge in [-0.2, -0.15) is 4.31 Å². The lowest BCUT2D eigenvalue weighted by atomic mass is 10.0. The molecule has 0 radical (unpaired) electrons. The van der Waals surface area contributed by atoms with E-state index in [1.807, 2.05) is 6.92 Å². The average molecular weight is 312 g/mol. The Hall–Kier alpha value is -1.11. The predicted molar refractivity (Wildman–Crippen MR) is 82.7 cm³/mol. The van der Waals surface area contributed by atoms with Gasteiger partial charge in [0.15, 0.2) is 0 Å². The van der Waals surface area contributed by atoms with Crippen molar-refractivity contribution in [3.8, 4) is 5.75 Å². The Morgan fingerprint density at radius 1 is 1.38 bits per heavy atom. The van der Waals surface area contributed by atoms with E-state index < -0.39 is 10.0 Å². The van der Waals surface area contributed by atoms with Crippen LogP contribution < -0.4 is 10.5 Å². The normalized spacial score (nSPS) is 20.4. The average Bonchev–Trinajstić information content (AvgIpc) is 2.53. The summed E-state index contributed by atoms with van der Waals surface area (Å²) in [5, 5.41) is 0. The van der Waals surface area contributed by atoms with Gasteiger partial charge >= 0.3 is 0 Å². The lowest BCUT2D eigenvalue weighted by Gasteiger charge is -2.34. The Morgan fingerprint density at radius 2 is 2.14 bits per heavy atom. The minimum Gasteiger partial charge on any atom is -0.496 e. The maximum Gasteiger partial charge on any atom is 0.243 e. The van der Waals surface area contributed by atoms with Gasteiger partial charge < -0.3 is 10.5 Å². The number of piperidine rings is 1. The summed E-state index contributed by atoms with van der Waals surface area (Å²) in [4.78, 5) is 0.309. The van der Waals surface area contributed by atoms with Gasteiger partial charge in [-0.25, -0.2) is 8.42 Å². The Kier molecular flexibility index (Phi) is 5.24. The summed E-state index contributed by atoms with van der Waals surface area (Å²) in [6, 6.07) is 5.02. The summed E-state index contributed by atoms with van der Waals surface area (Å²) in [6.45, 7) is 2.90. The summed E-state index contributed by atoms with van der Waals surface area (Å²) in [5.41, 5.74) is 6.39. The molecule has 2 N–H and O–H groups in total. The number of hydrogen-bond acceptors (Lipinski definition) is 4. The first-order chi connectivity index (χ1) is 10.0. The number of benzene rings is 1. The predicted octanol–water partition coefficient (Wildman–Crippen LogP) is 2.11. The van der Waals surface area contributed by atoms with Crippen LogP contribution in [0.25, 0.3) is 0 Å². The molecule has 0 spiro atoms. The van der Waals surface area contributed by atoms with Crippen LogP contribution in [0.15, 0.2) is 23.1 Å². The van der Waals surface area contributed by atoms with Crippen molar-refractivity contribution >= 4 is 10.0 Å². The van der Waals surface area contributed by atoms with E-state index in [9.17, 15) is 8.42 Å². The number of sulfonamides is 1. The molecule has 1 heterocycles. The SMILES string of the molecule is CCC1CCCCN1S(=O)(=O)c1ccc(OC)c(CN)c1. The molecule has 2 rings (SSSR count). The van der Waals surface area contributed by atoms with Crippen molar-refractivity contribution in [2.75, 3.05) is 13.7 Å². The minimum atomic E-state index is -3.46. The zero-order chi connectivity index (χ0) is 15.5. The first-order valence-corrected chi connectivity index (χ1v) is 8.87. The van der Waals surface area contributed by atoms with Crippen LogP contribution in [0.5, 0.6) is 5.75 Å². The number of ether oxygens (including phenoxy) is 1. The van der Waals surface area contributed by atoms with Crippen LogP contribution in [0.4, 0.5) is 0 Å². The molecule has 1 fully saturated rings. The highest BCUT2D eigenvalue weighted by Crippen LogP contribution is 2.29. The molecule has 118 valence electrons. The fourth-order valence-electron chi connectivity index (χ4n) is 2.91. The van der Waals surface area contributed by atoms with E-state index in [0.29, 0.717) is 22.8 Å². The third-order valence-corrected chi connectivity index (χ3v) is 6.07. The molecule has 1 aliphatic heterocycles. The third-order valence-electron chi connectivity index (χ3n) is 4.12. The van der Waals surface area contributed by atoms with Gasteiger partial charge in [-0.1, -0.05) is 13.3 Å². The van der Waals surface area contributed by atoms with Gasteiger partial charge in [0.1, 0.15) is 5.75 Å². The Bertz CT molecular complexity index is 587. The van der Waals surface area contributed by atoms with Crippen molar-refractivity contribution in [3.63, 3.8) is 0 Å². The molecular formula is C15H24N2O3S. The Morgan fingerprint density at radius 3 is 2.76 bits per heavy atom. The first kappa shape index (κ1) is 16.3. The molecule has 21 heavy (non-hydrogen) atoms. The maximum atomic E-state index is 12.9. The van der Waals surface area contributed by atoms with Crippen LogP contribution in [0.3, 0.4) is 0 Å². The second kappa shape index (κ2) is 6.77. The highest BCUT2D eigenvalue weighted by Gasteiger charge is 2.32. The highest BCUT2D eigenvalue weighted by atomic mass is 32.2. The van der Waals surface area contributed by atoms with Crippen LogP contribution >= 0.6 is 0 Å². The topological polar surface area (TPSA) is 72.6 Å². The molecule has 1 aromatic carbocycles. The molecule has 0 aliphatic carbocycles. The van der Waals surface area contributed by atoms with E-state index in [1.54, 1.807) is 29.6 Å². The van der Waals surface area contributed by atoms with Crippen molar-refractivity contribution in [2.24, 2.45) is 5.73 Å². The quantitative estimate of drug-likeness (QED) is 0.904. The molecule has 6 heteroatoms. The van der Waals surface area contributed by atoms with Crippen molar-refractivity contribution < 1.29 is 13.2 Å². The lowest BCUT2D eigenvalue weighted by molar-refractivity contribution is 0.246. The van der Waals surface area contributed by atoms with Gasteiger partial charge in [0.2, 0.25) is 10.0 Å². The largest absolute Gasteiger partial charge is 0.496 e. The standard InChI is InChI=1S/C15H24N2O3S/c1-3-13-6-4-5-9-17(13)21(18,19)14-7-8-15(20-2)12(10-14)11-16/h7-8,10,13H,3-6,9,11,16H2,1-2H3. The molecule has 1 unspecified atom stereocenters. The Balaban J connectivity index is 2.38. The zero-order valence-corrected chi connectivity index (χ0v) is 13.5. The number of methoxy groups -OCH3 is 1. The van der Waals surface area contributed by atoms with Crippen molar-refractivity contribution in [1.29, 1.82) is 0 Å². The fraction of sp³-hybridized carbons (Fsp3) is 0.600. The second-order valence-electron chi connectivity index (χ2n) is 5.35. The molecule has 1 aliphatic rings. The maximum absolute atomic E-state index is 12.9. The number of rotatable bonds is 5. The summed E-state index contributed by atoms with van der Waals surface area (Å²) in [5.74, 6) is 0.627. The van der Waals surface area contributed by atoms with E-state index in [4.69, 9.17) is 10.5 Å². The minimum absolute atomic E-state index is 0.104. The summed E-state index contributed by atoms with van der Waals surface area (Å²) < 4.78 is 32.6. The summed E-state index contributed by atoms with van der Waals surface area (Å²) >= 11 is 0. The van der Waals surface area contributed by atoms with Crippen molar-refractivity contribution in [2.45, 2.75) is 50.1 Å². The summed E-state index contributed by atoms with van der Waals surface area (Å²) in [6.07, 6.45) is 3.81. The smallest absolute Gasteiger partial charge is 0.243 e. The molecule has 1 saturated heterocycles. The number of nitrogens with zero attached hydrogens (tertiary/aromatic N) is 1. The number of nitrogens with two attached hydrogens (primary N) is 1. The third kappa shape index (κ3) is 3.22. The molecule has 0 saturated carbocycles. The molecule has 0 amide bonds. The molecule has 0 bridgehead atoms. The van der Waals surface area contributed by atoms with Crippen LogP contribution in [-0.4, -0.2) is 32.4 Å². The van der Waals surface area contributed by atoms with E-state index in [-0.39, 0.29) is 12.6 Å². The molecule has 0 aromatic heterocycles. The van der Waals surface area contributed by atoms with Crippen LogP contribution in [0.2, 0.25) is 0 Å². The molecular weight excluding hydrogens is 288 g/mol. The van der Waals surface area contributed by atoms with Crippen molar-refractivity contribution in [3.05, 3.63) is 23.8 Å². The zero-order valence-electron chi connectivity index (χ0n) is 12.7. The van der Waals surface area contributed by atoms with Gasteiger partial charge in [0, 0.05) is 24.7 Å². The van der Waals surface area contributed by atoms with E-state index in [1.165, 1.54) is 0 Å². The van der Waals surface area contributed by atoms with E-state index in [2.05, 4.69) is 0 Å². The van der Waals surface area contributed by atoms with Gasteiger partial charge in [-0.3, -0.25) is 0 Å². The lowest BCUT2D eigenvalue weighted by Crippen LogP contribution is -2.43. The molecule has 1 aromatic rings. The number of hydrogen-bond donors (Lipinski definition) is 1. The monoisotopic (exact) mass is 312 g/mol. The van der Waals surface area contributed by atoms with Gasteiger partial charge in [-0.15, -0.1) is 0 Å². The summed E-state index contributed by atoms with van der Waals surface area (Å²) in [7, 11) is -1.90. The molecule has 5 nitrogen and oxygen atoms in total. The Labute approximate surface area is 127 Å². The van der Waals surface area contributed by atoms with Crippen LogP contribution in [-0.2, 0) is 16.6 Å². The van der Waals surface area contributed by atoms with Crippen LogP contribution in [0, 0.1) is 0 Å². The first-order valence-electron chi connectivity index (χ1n) is 7.43. The van der Waals surface area contributed by atoms with Gasteiger partial charge in [0.05, 0.1) is 12.0 Å². The second-order valence-corrected chi connectivity index (χ2v) is 7.24. The van der Waals surface area contributed by atoms with E-state index in [0.717, 1.165) is 25.7 Å². The van der Waals surface area contributed by atoms with Crippen molar-refractivity contribution in [1.82, 2.24) is 4.31 Å². The fourth-order valence-corrected chi connectivity index (χ4v) is 4.73. The molecule has 1 atom stereocenters. The van der Waals surface area contributed by atoms with Gasteiger partial charge in [-0.05, 0) is 37.5 Å². The highest BCUT2D eigenvalue weighted by molar-refractivity contribution is 7.89.